The molecule has 2 amide bonds. The van der Waals surface area contributed by atoms with Crippen LogP contribution in [-0.2, 0) is 4.79 Å². The number of nitrogens with zero attached hydrogens (tertiary/aromatic N) is 1. The van der Waals surface area contributed by atoms with Crippen molar-refractivity contribution in [3.05, 3.63) is 0 Å². The molecule has 0 unspecified atom stereocenters. The van der Waals surface area contributed by atoms with Crippen molar-refractivity contribution in [2.24, 2.45) is 10.8 Å². The number of hydrogen-bond donors (Lipinski definition) is 3. The third-order valence-corrected chi connectivity index (χ3v) is 0.643. The minimum absolute atomic E-state index is 0.223. The molecule has 0 rings (SSSR count). The van der Waals surface area contributed by atoms with Gasteiger partial charge >= 0.3 is 12.0 Å². The molecule has 0 spiro atoms. The molecule has 0 fully saturated rings. The molecule has 0 heterocycles. The number of urea groups is 1. The first-order chi connectivity index (χ1) is 4.54. The summed E-state index contributed by atoms with van der Waals surface area (Å²) in [6.45, 7) is 1.23. The Hall–Kier alpha value is -1.59. The van der Waals surface area contributed by atoms with Gasteiger partial charge in [-0.15, -0.1) is 0 Å². The molecule has 0 aromatic heterocycles. The molecule has 10 heavy (non-hydrogen) atoms. The van der Waals surface area contributed by atoms with Crippen molar-refractivity contribution in [2.75, 3.05) is 0 Å². The van der Waals surface area contributed by atoms with Crippen molar-refractivity contribution in [3.63, 3.8) is 0 Å². The fourth-order valence-corrected chi connectivity index (χ4v) is 0.187. The molecule has 0 aliphatic rings. The van der Waals surface area contributed by atoms with Gasteiger partial charge in [-0.25, -0.2) is 15.0 Å². The second kappa shape index (κ2) is 3.44. The summed E-state index contributed by atoms with van der Waals surface area (Å²) in [6, 6.07) is -0.888. The van der Waals surface area contributed by atoms with Crippen LogP contribution < -0.4 is 11.2 Å². The topological polar surface area (TPSA) is 105 Å². The maximum absolute atomic E-state index is 9.99. The molecule has 0 saturated heterocycles. The Morgan fingerprint density at radius 3 is 2.40 bits per heavy atom. The molecule has 6 heteroatoms. The maximum atomic E-state index is 9.99. The van der Waals surface area contributed by atoms with Crippen LogP contribution in [0.15, 0.2) is 5.10 Å². The fourth-order valence-electron chi connectivity index (χ4n) is 0.187. The lowest BCUT2D eigenvalue weighted by Gasteiger charge is -1.92. The minimum Gasteiger partial charge on any atom is -0.477 e. The molecule has 56 valence electrons. The quantitative estimate of drug-likeness (QED) is 0.347. The van der Waals surface area contributed by atoms with Gasteiger partial charge in [-0.3, -0.25) is 0 Å². The van der Waals surface area contributed by atoms with E-state index in [1.807, 2.05) is 0 Å². The van der Waals surface area contributed by atoms with E-state index >= 15 is 0 Å². The van der Waals surface area contributed by atoms with E-state index in [-0.39, 0.29) is 5.71 Å². The second-order valence-electron chi connectivity index (χ2n) is 1.48. The average Bonchev–Trinajstić information content (AvgIpc) is 1.82. The Bertz CT molecular complexity index is 186. The van der Waals surface area contributed by atoms with Crippen molar-refractivity contribution in [3.8, 4) is 0 Å². The zero-order valence-corrected chi connectivity index (χ0v) is 5.29. The zero-order chi connectivity index (χ0) is 8.15. The first-order valence-corrected chi connectivity index (χ1v) is 2.37. The molecule has 0 aromatic carbocycles. The number of hydrazone groups is 1. The Morgan fingerprint density at radius 1 is 1.60 bits per heavy atom. The van der Waals surface area contributed by atoms with E-state index < -0.39 is 12.0 Å². The third-order valence-electron chi connectivity index (χ3n) is 0.643. The Morgan fingerprint density at radius 2 is 2.10 bits per heavy atom. The van der Waals surface area contributed by atoms with Crippen LogP contribution in [0.5, 0.6) is 0 Å². The van der Waals surface area contributed by atoms with E-state index in [1.165, 1.54) is 6.92 Å². The number of amides is 2. The van der Waals surface area contributed by atoms with E-state index in [0.29, 0.717) is 0 Å². The van der Waals surface area contributed by atoms with Gasteiger partial charge in [0.15, 0.2) is 0 Å². The normalized spacial score (nSPS) is 10.7. The Balaban J connectivity index is 3.92. The average molecular weight is 145 g/mol. The SMILES string of the molecule is C/C(=N/NC(N)=O)C(=O)O. The first-order valence-electron chi connectivity index (χ1n) is 2.37. The van der Waals surface area contributed by atoms with Gasteiger partial charge in [0.1, 0.15) is 5.71 Å². The van der Waals surface area contributed by atoms with E-state index in [9.17, 15) is 9.59 Å². The van der Waals surface area contributed by atoms with Crippen LogP contribution in [0.25, 0.3) is 0 Å². The van der Waals surface area contributed by atoms with Crippen LogP contribution >= 0.6 is 0 Å². The van der Waals surface area contributed by atoms with Gasteiger partial charge in [-0.05, 0) is 6.92 Å². The molecule has 0 saturated carbocycles. The summed E-state index contributed by atoms with van der Waals surface area (Å²) in [4.78, 5) is 19.9. The highest BCUT2D eigenvalue weighted by Gasteiger charge is 2.00. The first kappa shape index (κ1) is 8.41. The number of aliphatic carboxylic acids is 1. The van der Waals surface area contributed by atoms with Crippen LogP contribution in [0, 0.1) is 0 Å². The van der Waals surface area contributed by atoms with Gasteiger partial charge in [-0.2, -0.15) is 5.10 Å². The van der Waals surface area contributed by atoms with Crippen molar-refractivity contribution < 1.29 is 14.7 Å². The van der Waals surface area contributed by atoms with Gasteiger partial charge in [0.05, 0.1) is 0 Å². The largest absolute Gasteiger partial charge is 0.477 e. The predicted octanol–water partition coefficient (Wildman–Crippen LogP) is -0.885. The molecule has 6 nitrogen and oxygen atoms in total. The standard InChI is InChI=1S/C4H7N3O3/c1-2(3(8)9)6-7-4(5)10/h1H3,(H,8,9)(H3,5,7,10)/b6-2-. The summed E-state index contributed by atoms with van der Waals surface area (Å²) in [5.41, 5.74) is 6.14. The molecule has 0 aliphatic heterocycles. The summed E-state index contributed by atoms with van der Waals surface area (Å²) in [5, 5.41) is 11.3. The number of carboxylic acids is 1. The van der Waals surface area contributed by atoms with Crippen molar-refractivity contribution in [1.82, 2.24) is 5.43 Å². The Kier molecular flexibility index (Phi) is 2.89. The van der Waals surface area contributed by atoms with Crippen molar-refractivity contribution in [2.45, 2.75) is 6.92 Å². The number of carboxylic acid groups (broad SMARTS) is 1. The lowest BCUT2D eigenvalue weighted by Crippen LogP contribution is -2.26. The molecule has 0 radical (unpaired) electrons. The lowest BCUT2D eigenvalue weighted by atomic mass is 10.4. The van der Waals surface area contributed by atoms with Gasteiger partial charge < -0.3 is 10.8 Å². The summed E-state index contributed by atoms with van der Waals surface area (Å²) < 4.78 is 0. The number of carbonyl (C=O) groups excluding carboxylic acids is 1. The maximum Gasteiger partial charge on any atom is 0.351 e. The number of nitrogens with two attached hydrogens (primary N) is 1. The highest BCUT2D eigenvalue weighted by molar-refractivity contribution is 6.34. The van der Waals surface area contributed by atoms with E-state index in [2.05, 4.69) is 10.8 Å². The predicted molar refractivity (Wildman–Crippen MR) is 33.5 cm³/mol. The van der Waals surface area contributed by atoms with Gasteiger partial charge in [0.2, 0.25) is 0 Å². The van der Waals surface area contributed by atoms with Crippen molar-refractivity contribution >= 4 is 17.7 Å². The molecule has 0 aromatic rings. The molecule has 4 N–H and O–H groups in total. The van der Waals surface area contributed by atoms with Crippen molar-refractivity contribution in [1.29, 1.82) is 0 Å². The number of primary amides is 1. The van der Waals surface area contributed by atoms with Gasteiger partial charge in [0.25, 0.3) is 0 Å². The van der Waals surface area contributed by atoms with E-state index in [0.717, 1.165) is 0 Å². The lowest BCUT2D eigenvalue weighted by molar-refractivity contribution is -0.129. The highest BCUT2D eigenvalue weighted by Crippen LogP contribution is 1.72. The molecule has 0 aliphatic carbocycles. The fraction of sp³-hybridized carbons (Fsp3) is 0.250. The van der Waals surface area contributed by atoms with E-state index in [4.69, 9.17) is 5.11 Å². The summed E-state index contributed by atoms with van der Waals surface area (Å²) in [6.07, 6.45) is 0. The molecular weight excluding hydrogens is 138 g/mol. The van der Waals surface area contributed by atoms with Gasteiger partial charge in [-0.1, -0.05) is 0 Å². The Labute approximate surface area is 56.7 Å². The number of carbonyl (C=O) groups is 2. The zero-order valence-electron chi connectivity index (χ0n) is 5.29. The van der Waals surface area contributed by atoms with Crippen LogP contribution in [0.1, 0.15) is 6.92 Å². The summed E-state index contributed by atoms with van der Waals surface area (Å²) >= 11 is 0. The number of nitrogens with one attached hydrogen (secondary N) is 1. The van der Waals surface area contributed by atoms with Gasteiger partial charge in [0, 0.05) is 0 Å². The smallest absolute Gasteiger partial charge is 0.351 e. The van der Waals surface area contributed by atoms with Crippen LogP contribution in [-0.4, -0.2) is 22.8 Å². The summed E-state index contributed by atoms with van der Waals surface area (Å²) in [5.74, 6) is -1.20. The van der Waals surface area contributed by atoms with Crippen LogP contribution in [0.4, 0.5) is 4.79 Å². The van der Waals surface area contributed by atoms with E-state index in [1.54, 1.807) is 5.43 Å². The minimum atomic E-state index is -1.20. The monoisotopic (exact) mass is 145 g/mol. The number of rotatable bonds is 2. The second-order valence-corrected chi connectivity index (χ2v) is 1.48. The summed E-state index contributed by atoms with van der Waals surface area (Å²) in [7, 11) is 0. The number of hydrogen-bond acceptors (Lipinski definition) is 3. The molecule has 0 bridgehead atoms. The molecule has 0 atom stereocenters. The highest BCUT2D eigenvalue weighted by atomic mass is 16.4. The third kappa shape index (κ3) is 3.42. The van der Waals surface area contributed by atoms with Crippen LogP contribution in [0.3, 0.4) is 0 Å². The van der Waals surface area contributed by atoms with Crippen LogP contribution in [0.2, 0.25) is 0 Å². The molecular formula is C4H7N3O3.